The molecule has 7 nitrogen and oxygen atoms in total. The van der Waals surface area contributed by atoms with Gasteiger partial charge in [0.05, 0.1) is 16.8 Å². The predicted octanol–water partition coefficient (Wildman–Crippen LogP) is 5.05. The number of thiophene rings is 1. The summed E-state index contributed by atoms with van der Waals surface area (Å²) in [5.41, 5.74) is 9.14. The third-order valence-corrected chi connectivity index (χ3v) is 10.6. The summed E-state index contributed by atoms with van der Waals surface area (Å²) in [5, 5.41) is 4.58. The van der Waals surface area contributed by atoms with Gasteiger partial charge >= 0.3 is 0 Å². The SMILES string of the molecule is CCC(CC)CNCc1ccc(-c2cc(C(N)=O)c3[nH]cc(C4CCN(S(=O)(=O)CC)CC4)c3c2)s1. The molecule has 0 unspecified atom stereocenters. The monoisotopic (exact) mass is 530 g/mol. The first kappa shape index (κ1) is 26.9. The predicted molar refractivity (Wildman–Crippen MR) is 149 cm³/mol. The van der Waals surface area contributed by atoms with Crippen molar-refractivity contribution in [1.82, 2.24) is 14.6 Å². The molecule has 1 saturated heterocycles. The van der Waals surface area contributed by atoms with E-state index >= 15 is 0 Å². The standard InChI is InChI=1S/C27H38N4O3S2/c1-4-18(5-2)15-29-16-21-7-8-25(35-21)20-13-22-24(17-30-26(22)23(14-20)27(28)32)19-9-11-31(12-10-19)36(33,34)6-3/h7-8,13-14,17-19,29-30H,4-6,9-12,15-16H2,1-3H3,(H2,28,32). The van der Waals surface area contributed by atoms with E-state index in [1.165, 1.54) is 17.7 Å². The zero-order valence-corrected chi connectivity index (χ0v) is 23.1. The van der Waals surface area contributed by atoms with Crippen LogP contribution in [0.3, 0.4) is 0 Å². The van der Waals surface area contributed by atoms with Crippen LogP contribution in [0.1, 0.15) is 73.2 Å². The number of rotatable bonds is 11. The van der Waals surface area contributed by atoms with Crippen molar-refractivity contribution in [2.24, 2.45) is 11.7 Å². The van der Waals surface area contributed by atoms with Crippen LogP contribution in [-0.4, -0.2) is 49.0 Å². The number of fused-ring (bicyclic) bond motifs is 1. The molecule has 4 N–H and O–H groups in total. The van der Waals surface area contributed by atoms with Crippen LogP contribution < -0.4 is 11.1 Å². The fraction of sp³-hybridized carbons (Fsp3) is 0.519. The van der Waals surface area contributed by atoms with Gasteiger partial charge in [-0.1, -0.05) is 26.7 Å². The molecule has 1 fully saturated rings. The van der Waals surface area contributed by atoms with Crippen molar-refractivity contribution in [2.45, 2.75) is 58.9 Å². The lowest BCUT2D eigenvalue weighted by atomic mass is 9.89. The number of amides is 1. The number of nitrogens with two attached hydrogens (primary N) is 1. The number of sulfonamides is 1. The Hall–Kier alpha value is -2.20. The van der Waals surface area contributed by atoms with E-state index in [0.29, 0.717) is 24.6 Å². The molecule has 1 amide bonds. The van der Waals surface area contributed by atoms with Gasteiger partial charge in [-0.3, -0.25) is 4.79 Å². The number of nitrogens with zero attached hydrogens (tertiary/aromatic N) is 1. The molecule has 2 aromatic heterocycles. The normalized spacial score (nSPS) is 15.8. The topological polar surface area (TPSA) is 108 Å². The Morgan fingerprint density at radius 1 is 1.19 bits per heavy atom. The zero-order chi connectivity index (χ0) is 25.9. The van der Waals surface area contributed by atoms with Gasteiger partial charge in [-0.15, -0.1) is 11.3 Å². The van der Waals surface area contributed by atoms with Crippen molar-refractivity contribution in [3.8, 4) is 10.4 Å². The average molecular weight is 531 g/mol. The lowest BCUT2D eigenvalue weighted by Crippen LogP contribution is -2.38. The van der Waals surface area contributed by atoms with Gasteiger partial charge in [-0.25, -0.2) is 12.7 Å². The molecule has 4 rings (SSSR count). The van der Waals surface area contributed by atoms with Gasteiger partial charge in [0.2, 0.25) is 10.0 Å². The van der Waals surface area contributed by atoms with E-state index in [0.717, 1.165) is 52.8 Å². The summed E-state index contributed by atoms with van der Waals surface area (Å²) in [6.07, 6.45) is 5.85. The first-order chi connectivity index (χ1) is 17.3. The van der Waals surface area contributed by atoms with E-state index in [1.807, 2.05) is 12.3 Å². The summed E-state index contributed by atoms with van der Waals surface area (Å²) < 4.78 is 26.2. The third-order valence-electron chi connectivity index (χ3n) is 7.57. The van der Waals surface area contributed by atoms with Crippen molar-refractivity contribution in [3.05, 3.63) is 46.5 Å². The number of benzene rings is 1. The molecule has 3 heterocycles. The molecule has 0 aliphatic carbocycles. The van der Waals surface area contributed by atoms with Gasteiger partial charge in [-0.2, -0.15) is 0 Å². The van der Waals surface area contributed by atoms with E-state index in [4.69, 9.17) is 5.73 Å². The smallest absolute Gasteiger partial charge is 0.250 e. The Morgan fingerprint density at radius 3 is 2.56 bits per heavy atom. The minimum atomic E-state index is -3.17. The summed E-state index contributed by atoms with van der Waals surface area (Å²) in [4.78, 5) is 18.0. The molecule has 1 aliphatic heterocycles. The molecule has 196 valence electrons. The quantitative estimate of drug-likeness (QED) is 0.322. The summed E-state index contributed by atoms with van der Waals surface area (Å²) in [7, 11) is -3.17. The maximum atomic E-state index is 12.4. The van der Waals surface area contributed by atoms with E-state index in [-0.39, 0.29) is 11.7 Å². The highest BCUT2D eigenvalue weighted by Gasteiger charge is 2.29. The number of aromatic nitrogens is 1. The largest absolute Gasteiger partial charge is 0.366 e. The van der Waals surface area contributed by atoms with Gasteiger partial charge in [0.1, 0.15) is 0 Å². The Morgan fingerprint density at radius 2 is 1.92 bits per heavy atom. The highest BCUT2D eigenvalue weighted by atomic mass is 32.2. The number of H-pyrrole nitrogens is 1. The van der Waals surface area contributed by atoms with Gasteiger partial charge < -0.3 is 16.0 Å². The van der Waals surface area contributed by atoms with E-state index in [9.17, 15) is 13.2 Å². The number of hydrogen-bond acceptors (Lipinski definition) is 5. The molecule has 0 atom stereocenters. The maximum Gasteiger partial charge on any atom is 0.250 e. The highest BCUT2D eigenvalue weighted by Crippen LogP contribution is 2.38. The Labute approximate surface area is 218 Å². The molecule has 3 aromatic rings. The van der Waals surface area contributed by atoms with Gasteiger partial charge in [0, 0.05) is 41.0 Å². The van der Waals surface area contributed by atoms with Crippen LogP contribution in [-0.2, 0) is 16.6 Å². The van der Waals surface area contributed by atoms with Crippen molar-refractivity contribution in [2.75, 3.05) is 25.4 Å². The third kappa shape index (κ3) is 5.69. The fourth-order valence-corrected chi connectivity index (χ4v) is 7.26. The fourth-order valence-electron chi connectivity index (χ4n) is 5.16. The molecular formula is C27H38N4O3S2. The molecule has 0 spiro atoms. The van der Waals surface area contributed by atoms with Crippen LogP contribution in [0.25, 0.3) is 21.3 Å². The molecule has 9 heteroatoms. The molecule has 36 heavy (non-hydrogen) atoms. The number of hydrogen-bond donors (Lipinski definition) is 3. The van der Waals surface area contributed by atoms with E-state index in [1.54, 1.807) is 22.6 Å². The zero-order valence-electron chi connectivity index (χ0n) is 21.5. The number of carbonyl (C=O) groups excluding carboxylic acids is 1. The molecular weight excluding hydrogens is 492 g/mol. The molecule has 1 aromatic carbocycles. The molecule has 0 radical (unpaired) electrons. The highest BCUT2D eigenvalue weighted by molar-refractivity contribution is 7.89. The van der Waals surface area contributed by atoms with Crippen LogP contribution in [0.4, 0.5) is 0 Å². The second kappa shape index (κ2) is 11.5. The number of aromatic amines is 1. The summed E-state index contributed by atoms with van der Waals surface area (Å²) in [6, 6.07) is 8.30. The Bertz CT molecular complexity index is 1300. The lowest BCUT2D eigenvalue weighted by Gasteiger charge is -2.31. The minimum absolute atomic E-state index is 0.131. The summed E-state index contributed by atoms with van der Waals surface area (Å²) >= 11 is 1.73. The number of nitrogens with one attached hydrogen (secondary N) is 2. The van der Waals surface area contributed by atoms with Gasteiger partial charge in [0.15, 0.2) is 0 Å². The summed E-state index contributed by atoms with van der Waals surface area (Å²) in [6.45, 7) is 9.05. The maximum absolute atomic E-state index is 12.4. The summed E-state index contributed by atoms with van der Waals surface area (Å²) in [5.74, 6) is 0.603. The van der Waals surface area contributed by atoms with Crippen molar-refractivity contribution in [3.63, 3.8) is 0 Å². The first-order valence-electron chi connectivity index (χ1n) is 13.0. The number of primary amides is 1. The molecule has 0 saturated carbocycles. The first-order valence-corrected chi connectivity index (χ1v) is 15.4. The van der Waals surface area contributed by atoms with Crippen LogP contribution in [0.2, 0.25) is 0 Å². The van der Waals surface area contributed by atoms with E-state index in [2.05, 4.69) is 42.3 Å². The second-order valence-corrected chi connectivity index (χ2v) is 13.1. The minimum Gasteiger partial charge on any atom is -0.366 e. The molecule has 0 bridgehead atoms. The van der Waals surface area contributed by atoms with Crippen LogP contribution >= 0.6 is 11.3 Å². The van der Waals surface area contributed by atoms with Crippen LogP contribution in [0, 0.1) is 5.92 Å². The van der Waals surface area contributed by atoms with Gasteiger partial charge in [-0.05, 0) is 73.5 Å². The number of piperidine rings is 1. The Kier molecular flexibility index (Phi) is 8.55. The number of carbonyl (C=O) groups is 1. The van der Waals surface area contributed by atoms with Crippen LogP contribution in [0.5, 0.6) is 0 Å². The molecule has 1 aliphatic rings. The van der Waals surface area contributed by atoms with Crippen LogP contribution in [0.15, 0.2) is 30.5 Å². The van der Waals surface area contributed by atoms with Crippen molar-refractivity contribution in [1.29, 1.82) is 0 Å². The van der Waals surface area contributed by atoms with Crippen molar-refractivity contribution >= 4 is 38.2 Å². The van der Waals surface area contributed by atoms with Crippen molar-refractivity contribution < 1.29 is 13.2 Å². The average Bonchev–Trinajstić information content (AvgIpc) is 3.53. The van der Waals surface area contributed by atoms with Gasteiger partial charge in [0.25, 0.3) is 5.91 Å². The van der Waals surface area contributed by atoms with E-state index < -0.39 is 15.9 Å². The lowest BCUT2D eigenvalue weighted by molar-refractivity contribution is 0.100. The second-order valence-electron chi connectivity index (χ2n) is 9.71. The Balaban J connectivity index is 1.58.